The molecule has 0 spiro atoms. The summed E-state index contributed by atoms with van der Waals surface area (Å²) in [6.07, 6.45) is 1.72. The molecule has 0 aromatic heterocycles. The third kappa shape index (κ3) is 5.83. The minimum Gasteiger partial charge on any atom is -0.497 e. The maximum Gasteiger partial charge on any atom is 0.255 e. The first-order chi connectivity index (χ1) is 14.5. The molecule has 2 aromatic carbocycles. The lowest BCUT2D eigenvalue weighted by Gasteiger charge is -2.32. The summed E-state index contributed by atoms with van der Waals surface area (Å²) in [5.41, 5.74) is 1.73. The van der Waals surface area contributed by atoms with Crippen molar-refractivity contribution in [1.82, 2.24) is 4.90 Å². The lowest BCUT2D eigenvalue weighted by atomic mass is 9.95. The standard InChI is InChI=1S/C24H31N3O3/c1-17(2)16-27-14-12-19(13-15-27)24(29)26-22-7-5-4-6-21(22)25-23(28)18-8-10-20(30-3)11-9-18/h4-11,17,19H,12-16H2,1-3H3,(H,25,28)(H,26,29). The number of hydrogen-bond donors (Lipinski definition) is 2. The van der Waals surface area contributed by atoms with Crippen molar-refractivity contribution >= 4 is 23.2 Å². The number of carbonyl (C=O) groups excluding carboxylic acids is 2. The van der Waals surface area contributed by atoms with Crippen LogP contribution >= 0.6 is 0 Å². The zero-order chi connectivity index (χ0) is 21.5. The van der Waals surface area contributed by atoms with Crippen LogP contribution in [0.3, 0.4) is 0 Å². The van der Waals surface area contributed by atoms with Gasteiger partial charge in [-0.2, -0.15) is 0 Å². The fourth-order valence-electron chi connectivity index (χ4n) is 3.77. The molecule has 6 nitrogen and oxygen atoms in total. The van der Waals surface area contributed by atoms with Crippen molar-refractivity contribution in [3.63, 3.8) is 0 Å². The Labute approximate surface area is 178 Å². The molecular formula is C24H31N3O3. The summed E-state index contributed by atoms with van der Waals surface area (Å²) < 4.78 is 5.13. The molecule has 0 unspecified atom stereocenters. The van der Waals surface area contributed by atoms with E-state index in [0.717, 1.165) is 32.5 Å². The van der Waals surface area contributed by atoms with Gasteiger partial charge in [0.25, 0.3) is 5.91 Å². The zero-order valence-electron chi connectivity index (χ0n) is 18.0. The number of amides is 2. The lowest BCUT2D eigenvalue weighted by molar-refractivity contribution is -0.121. The van der Waals surface area contributed by atoms with E-state index in [-0.39, 0.29) is 17.7 Å². The molecule has 0 radical (unpaired) electrons. The number of para-hydroxylation sites is 2. The van der Waals surface area contributed by atoms with E-state index in [1.165, 1.54) is 0 Å². The SMILES string of the molecule is COc1ccc(C(=O)Nc2ccccc2NC(=O)C2CCN(CC(C)C)CC2)cc1. The first-order valence-corrected chi connectivity index (χ1v) is 10.5. The molecule has 0 saturated carbocycles. The molecule has 0 bridgehead atoms. The van der Waals surface area contributed by atoms with Crippen molar-refractivity contribution in [2.24, 2.45) is 11.8 Å². The van der Waals surface area contributed by atoms with Gasteiger partial charge >= 0.3 is 0 Å². The summed E-state index contributed by atoms with van der Waals surface area (Å²) in [6.45, 7) is 7.42. The molecule has 2 aromatic rings. The number of hydrogen-bond acceptors (Lipinski definition) is 4. The molecule has 0 aliphatic carbocycles. The highest BCUT2D eigenvalue weighted by molar-refractivity contribution is 6.07. The van der Waals surface area contributed by atoms with Crippen LogP contribution in [0.2, 0.25) is 0 Å². The molecule has 1 saturated heterocycles. The quantitative estimate of drug-likeness (QED) is 0.717. The topological polar surface area (TPSA) is 70.7 Å². The van der Waals surface area contributed by atoms with E-state index in [4.69, 9.17) is 4.74 Å². The Morgan fingerprint density at radius 1 is 1.00 bits per heavy atom. The van der Waals surface area contributed by atoms with Crippen molar-refractivity contribution < 1.29 is 14.3 Å². The molecule has 1 aliphatic heterocycles. The van der Waals surface area contributed by atoms with Crippen molar-refractivity contribution in [3.8, 4) is 5.75 Å². The van der Waals surface area contributed by atoms with Gasteiger partial charge in [0.1, 0.15) is 5.75 Å². The first kappa shape index (κ1) is 21.8. The van der Waals surface area contributed by atoms with Crippen LogP contribution in [-0.4, -0.2) is 43.5 Å². The summed E-state index contributed by atoms with van der Waals surface area (Å²) in [4.78, 5) is 27.9. The Bertz CT molecular complexity index is 856. The van der Waals surface area contributed by atoms with Crippen molar-refractivity contribution in [2.45, 2.75) is 26.7 Å². The van der Waals surface area contributed by atoms with E-state index >= 15 is 0 Å². The Hall–Kier alpha value is -2.86. The van der Waals surface area contributed by atoms with Crippen LogP contribution in [0.15, 0.2) is 48.5 Å². The monoisotopic (exact) mass is 409 g/mol. The number of likely N-dealkylation sites (tertiary alicyclic amines) is 1. The Kier molecular flexibility index (Phi) is 7.46. The van der Waals surface area contributed by atoms with Gasteiger partial charge in [-0.15, -0.1) is 0 Å². The predicted octanol–water partition coefficient (Wildman–Crippen LogP) is 4.25. The fourth-order valence-corrected chi connectivity index (χ4v) is 3.77. The maximum absolute atomic E-state index is 12.8. The van der Waals surface area contributed by atoms with Crippen LogP contribution in [0, 0.1) is 11.8 Å². The average Bonchev–Trinajstić information content (AvgIpc) is 2.75. The highest BCUT2D eigenvalue weighted by atomic mass is 16.5. The van der Waals surface area contributed by atoms with E-state index in [1.807, 2.05) is 18.2 Å². The molecule has 1 aliphatic rings. The Morgan fingerprint density at radius 2 is 1.60 bits per heavy atom. The van der Waals surface area contributed by atoms with Gasteiger partial charge in [0.05, 0.1) is 18.5 Å². The fraction of sp³-hybridized carbons (Fsp3) is 0.417. The third-order valence-electron chi connectivity index (χ3n) is 5.37. The highest BCUT2D eigenvalue weighted by Gasteiger charge is 2.25. The number of nitrogens with one attached hydrogen (secondary N) is 2. The average molecular weight is 410 g/mol. The van der Waals surface area contributed by atoms with Crippen molar-refractivity contribution in [3.05, 3.63) is 54.1 Å². The number of ether oxygens (including phenoxy) is 1. The zero-order valence-corrected chi connectivity index (χ0v) is 18.0. The maximum atomic E-state index is 12.8. The van der Waals surface area contributed by atoms with Gasteiger partial charge in [0, 0.05) is 18.0 Å². The predicted molar refractivity (Wildman–Crippen MR) is 120 cm³/mol. The molecular weight excluding hydrogens is 378 g/mol. The Balaban J connectivity index is 1.61. The van der Waals surface area contributed by atoms with Crippen LogP contribution in [0.25, 0.3) is 0 Å². The summed E-state index contributed by atoms with van der Waals surface area (Å²) in [6, 6.07) is 14.2. The second-order valence-corrected chi connectivity index (χ2v) is 8.19. The number of benzene rings is 2. The summed E-state index contributed by atoms with van der Waals surface area (Å²) in [5.74, 6) is 1.11. The Morgan fingerprint density at radius 3 is 2.17 bits per heavy atom. The van der Waals surface area contributed by atoms with Gasteiger partial charge in [-0.3, -0.25) is 9.59 Å². The lowest BCUT2D eigenvalue weighted by Crippen LogP contribution is -2.39. The van der Waals surface area contributed by atoms with Gasteiger partial charge < -0.3 is 20.3 Å². The summed E-state index contributed by atoms with van der Waals surface area (Å²) in [5, 5.41) is 5.92. The number of methoxy groups -OCH3 is 1. The molecule has 1 heterocycles. The highest BCUT2D eigenvalue weighted by Crippen LogP contribution is 2.25. The van der Waals surface area contributed by atoms with Crippen molar-refractivity contribution in [1.29, 1.82) is 0 Å². The molecule has 160 valence electrons. The number of rotatable bonds is 7. The second-order valence-electron chi connectivity index (χ2n) is 8.19. The van der Waals surface area contributed by atoms with Crippen LogP contribution in [-0.2, 0) is 4.79 Å². The number of carbonyl (C=O) groups is 2. The molecule has 1 fully saturated rings. The third-order valence-corrected chi connectivity index (χ3v) is 5.37. The van der Waals surface area contributed by atoms with Gasteiger partial charge in [0.15, 0.2) is 0 Å². The first-order valence-electron chi connectivity index (χ1n) is 10.5. The van der Waals surface area contributed by atoms with Gasteiger partial charge in [0.2, 0.25) is 5.91 Å². The molecule has 2 amide bonds. The van der Waals surface area contributed by atoms with Crippen molar-refractivity contribution in [2.75, 3.05) is 37.4 Å². The molecule has 2 N–H and O–H groups in total. The van der Waals surface area contributed by atoms with E-state index in [9.17, 15) is 9.59 Å². The minimum atomic E-state index is -0.235. The summed E-state index contributed by atoms with van der Waals surface area (Å²) in [7, 11) is 1.59. The van der Waals surface area contributed by atoms with E-state index in [1.54, 1.807) is 37.4 Å². The van der Waals surface area contributed by atoms with E-state index in [2.05, 4.69) is 29.4 Å². The van der Waals surface area contributed by atoms with Crippen LogP contribution < -0.4 is 15.4 Å². The van der Waals surface area contributed by atoms with Gasteiger partial charge in [-0.1, -0.05) is 26.0 Å². The molecule has 6 heteroatoms. The van der Waals surface area contributed by atoms with Crippen LogP contribution in [0.4, 0.5) is 11.4 Å². The number of anilines is 2. The van der Waals surface area contributed by atoms with E-state index < -0.39 is 0 Å². The van der Waals surface area contributed by atoms with Crippen LogP contribution in [0.1, 0.15) is 37.0 Å². The van der Waals surface area contributed by atoms with Crippen LogP contribution in [0.5, 0.6) is 5.75 Å². The second kappa shape index (κ2) is 10.3. The largest absolute Gasteiger partial charge is 0.497 e. The minimum absolute atomic E-state index is 0.00115. The molecule has 30 heavy (non-hydrogen) atoms. The van der Waals surface area contributed by atoms with Gasteiger partial charge in [-0.25, -0.2) is 0 Å². The van der Waals surface area contributed by atoms with Gasteiger partial charge in [-0.05, 0) is 68.2 Å². The molecule has 0 atom stereocenters. The number of nitrogens with zero attached hydrogens (tertiary/aromatic N) is 1. The number of piperidine rings is 1. The smallest absolute Gasteiger partial charge is 0.255 e. The summed E-state index contributed by atoms with van der Waals surface area (Å²) >= 11 is 0. The normalized spacial score (nSPS) is 15.1. The van der Waals surface area contributed by atoms with E-state index in [0.29, 0.717) is 28.6 Å². The molecule has 3 rings (SSSR count).